The highest BCUT2D eigenvalue weighted by atomic mass is 16.2. The number of nitrogens with one attached hydrogen (secondary N) is 2. The number of fused-ring (bicyclic) bond motifs is 1. The predicted octanol–water partition coefficient (Wildman–Crippen LogP) is 1.04. The fraction of sp³-hybridized carbons (Fsp3) is 0.385. The van der Waals surface area contributed by atoms with Gasteiger partial charge in [0.1, 0.15) is 0 Å². The summed E-state index contributed by atoms with van der Waals surface area (Å²) in [6.07, 6.45) is 2.50. The van der Waals surface area contributed by atoms with Crippen LogP contribution in [0.1, 0.15) is 29.8 Å². The van der Waals surface area contributed by atoms with Crippen LogP contribution < -0.4 is 11.1 Å². The van der Waals surface area contributed by atoms with Crippen molar-refractivity contribution in [3.8, 4) is 0 Å². The number of rotatable bonds is 6. The minimum atomic E-state index is -0.208. The van der Waals surface area contributed by atoms with Crippen molar-refractivity contribution in [2.45, 2.75) is 19.3 Å². The average molecular weight is 262 g/mol. The molecule has 0 saturated carbocycles. The lowest BCUT2D eigenvalue weighted by Crippen LogP contribution is -2.25. The van der Waals surface area contributed by atoms with Gasteiger partial charge in [0, 0.05) is 24.2 Å². The number of unbranched alkanes of at least 4 members (excludes halogenated alkanes) is 2. The largest absolute Gasteiger partial charge is 0.399 e. The maximum Gasteiger partial charge on any atom is 0.272 e. The molecular weight excluding hydrogens is 244 g/mol. The predicted molar refractivity (Wildman–Crippen MR) is 73.8 cm³/mol. The molecule has 1 aromatic carbocycles. The van der Waals surface area contributed by atoms with E-state index in [2.05, 4.69) is 15.5 Å². The third-order valence-corrected chi connectivity index (χ3v) is 2.92. The van der Waals surface area contributed by atoms with E-state index < -0.39 is 0 Å². The molecule has 6 nitrogen and oxygen atoms in total. The highest BCUT2D eigenvalue weighted by molar-refractivity contribution is 6.05. The van der Waals surface area contributed by atoms with E-state index in [1.54, 1.807) is 18.2 Å². The minimum Gasteiger partial charge on any atom is -0.399 e. The fourth-order valence-electron chi connectivity index (χ4n) is 1.90. The van der Waals surface area contributed by atoms with E-state index in [9.17, 15) is 4.79 Å². The molecule has 6 heteroatoms. The topological polar surface area (TPSA) is 104 Å². The number of amides is 1. The number of nitrogen functional groups attached to an aromatic ring is 1. The van der Waals surface area contributed by atoms with Crippen LogP contribution in [0.3, 0.4) is 0 Å². The molecule has 0 atom stereocenters. The Bertz CT molecular complexity index is 565. The third kappa shape index (κ3) is 3.23. The monoisotopic (exact) mass is 262 g/mol. The summed E-state index contributed by atoms with van der Waals surface area (Å²) in [5, 5.41) is 19.0. The Hall–Kier alpha value is -2.08. The van der Waals surface area contributed by atoms with E-state index in [0.29, 0.717) is 17.9 Å². The molecule has 5 N–H and O–H groups in total. The van der Waals surface area contributed by atoms with Crippen LogP contribution in [-0.4, -0.2) is 34.4 Å². The zero-order valence-electron chi connectivity index (χ0n) is 10.6. The number of carbonyl (C=O) groups excluding carboxylic acids is 1. The Labute approximate surface area is 111 Å². The second-order valence-corrected chi connectivity index (χ2v) is 4.42. The summed E-state index contributed by atoms with van der Waals surface area (Å²) in [7, 11) is 0. The highest BCUT2D eigenvalue weighted by Crippen LogP contribution is 2.18. The van der Waals surface area contributed by atoms with E-state index in [1.807, 2.05) is 0 Å². The van der Waals surface area contributed by atoms with Gasteiger partial charge in [0.05, 0.1) is 5.52 Å². The van der Waals surface area contributed by atoms with Crippen molar-refractivity contribution in [1.29, 1.82) is 0 Å². The quantitative estimate of drug-likeness (QED) is 0.461. The Morgan fingerprint density at radius 1 is 1.37 bits per heavy atom. The Balaban J connectivity index is 1.99. The number of aliphatic hydroxyl groups is 1. The van der Waals surface area contributed by atoms with Crippen molar-refractivity contribution in [3.05, 3.63) is 23.9 Å². The molecule has 0 aliphatic rings. The van der Waals surface area contributed by atoms with Gasteiger partial charge >= 0.3 is 0 Å². The van der Waals surface area contributed by atoms with Crippen LogP contribution >= 0.6 is 0 Å². The van der Waals surface area contributed by atoms with Gasteiger partial charge in [0.2, 0.25) is 0 Å². The SMILES string of the molecule is Nc1ccc2[nH]nc(C(=O)NCCCCCO)c2c1. The summed E-state index contributed by atoms with van der Waals surface area (Å²) in [6, 6.07) is 5.30. The lowest BCUT2D eigenvalue weighted by atomic mass is 10.2. The van der Waals surface area contributed by atoms with Crippen LogP contribution in [0.25, 0.3) is 10.9 Å². The summed E-state index contributed by atoms with van der Waals surface area (Å²) in [4.78, 5) is 12.0. The summed E-state index contributed by atoms with van der Waals surface area (Å²) in [5.74, 6) is -0.208. The zero-order valence-corrected chi connectivity index (χ0v) is 10.6. The van der Waals surface area contributed by atoms with Gasteiger partial charge in [0.25, 0.3) is 5.91 Å². The molecule has 0 bridgehead atoms. The summed E-state index contributed by atoms with van der Waals surface area (Å²) < 4.78 is 0. The second kappa shape index (κ2) is 6.19. The number of benzene rings is 1. The molecular formula is C13H18N4O2. The van der Waals surface area contributed by atoms with E-state index in [0.717, 1.165) is 30.2 Å². The van der Waals surface area contributed by atoms with E-state index in [-0.39, 0.29) is 12.5 Å². The summed E-state index contributed by atoms with van der Waals surface area (Å²) >= 11 is 0. The van der Waals surface area contributed by atoms with Crippen LogP contribution in [0.2, 0.25) is 0 Å². The molecule has 2 rings (SSSR count). The number of aromatic amines is 1. The molecule has 0 unspecified atom stereocenters. The van der Waals surface area contributed by atoms with Crippen LogP contribution in [0.5, 0.6) is 0 Å². The van der Waals surface area contributed by atoms with E-state index >= 15 is 0 Å². The molecule has 1 amide bonds. The first kappa shape index (κ1) is 13.4. The van der Waals surface area contributed by atoms with Gasteiger partial charge in [-0.25, -0.2) is 0 Å². The van der Waals surface area contributed by atoms with Crippen molar-refractivity contribution in [2.75, 3.05) is 18.9 Å². The number of H-pyrrole nitrogens is 1. The summed E-state index contributed by atoms with van der Waals surface area (Å²) in [5.41, 5.74) is 7.47. The lowest BCUT2D eigenvalue weighted by Gasteiger charge is -2.03. The molecule has 2 aromatic rings. The van der Waals surface area contributed by atoms with Crippen LogP contribution in [0, 0.1) is 0 Å². The number of anilines is 1. The standard InChI is InChI=1S/C13H18N4O2/c14-9-4-5-11-10(8-9)12(17-16-11)13(19)15-6-2-1-3-7-18/h4-5,8,18H,1-3,6-7,14H2,(H,15,19)(H,16,17). The Morgan fingerprint density at radius 3 is 3.00 bits per heavy atom. The maximum absolute atomic E-state index is 12.0. The van der Waals surface area contributed by atoms with Crippen molar-refractivity contribution < 1.29 is 9.90 Å². The number of nitrogens with zero attached hydrogens (tertiary/aromatic N) is 1. The average Bonchev–Trinajstić information content (AvgIpc) is 2.81. The van der Waals surface area contributed by atoms with Crippen molar-refractivity contribution in [3.63, 3.8) is 0 Å². The van der Waals surface area contributed by atoms with Gasteiger partial charge in [-0.3, -0.25) is 9.89 Å². The van der Waals surface area contributed by atoms with E-state index in [1.165, 1.54) is 0 Å². The zero-order chi connectivity index (χ0) is 13.7. The van der Waals surface area contributed by atoms with Crippen molar-refractivity contribution in [2.24, 2.45) is 0 Å². The lowest BCUT2D eigenvalue weighted by molar-refractivity contribution is 0.0949. The molecule has 1 heterocycles. The Morgan fingerprint density at radius 2 is 2.21 bits per heavy atom. The number of hydrogen-bond acceptors (Lipinski definition) is 4. The van der Waals surface area contributed by atoms with Gasteiger partial charge in [0.15, 0.2) is 5.69 Å². The van der Waals surface area contributed by atoms with E-state index in [4.69, 9.17) is 10.8 Å². The molecule has 19 heavy (non-hydrogen) atoms. The van der Waals surface area contributed by atoms with Crippen LogP contribution in [0.4, 0.5) is 5.69 Å². The third-order valence-electron chi connectivity index (χ3n) is 2.92. The van der Waals surface area contributed by atoms with Crippen molar-refractivity contribution in [1.82, 2.24) is 15.5 Å². The first-order chi connectivity index (χ1) is 9.22. The molecule has 0 radical (unpaired) electrons. The molecule has 0 spiro atoms. The smallest absolute Gasteiger partial charge is 0.272 e. The first-order valence-corrected chi connectivity index (χ1v) is 6.35. The Kier molecular flexibility index (Phi) is 4.35. The number of hydrogen-bond donors (Lipinski definition) is 4. The molecule has 0 saturated heterocycles. The van der Waals surface area contributed by atoms with Crippen LogP contribution in [0.15, 0.2) is 18.2 Å². The molecule has 1 aromatic heterocycles. The number of carbonyl (C=O) groups is 1. The van der Waals surface area contributed by atoms with Crippen LogP contribution in [-0.2, 0) is 0 Å². The second-order valence-electron chi connectivity index (χ2n) is 4.42. The number of nitrogens with two attached hydrogens (primary N) is 1. The van der Waals surface area contributed by atoms with Gasteiger partial charge in [-0.05, 0) is 37.5 Å². The normalized spacial score (nSPS) is 10.8. The molecule has 0 aliphatic carbocycles. The van der Waals surface area contributed by atoms with Gasteiger partial charge in [-0.1, -0.05) is 0 Å². The van der Waals surface area contributed by atoms with Gasteiger partial charge < -0.3 is 16.2 Å². The molecule has 0 aliphatic heterocycles. The first-order valence-electron chi connectivity index (χ1n) is 6.35. The molecule has 0 fully saturated rings. The minimum absolute atomic E-state index is 0.192. The fourth-order valence-corrected chi connectivity index (χ4v) is 1.90. The highest BCUT2D eigenvalue weighted by Gasteiger charge is 2.13. The maximum atomic E-state index is 12.0. The number of aliphatic hydroxyl groups excluding tert-OH is 1. The van der Waals surface area contributed by atoms with Crippen molar-refractivity contribution >= 4 is 22.5 Å². The molecule has 102 valence electrons. The van der Waals surface area contributed by atoms with Gasteiger partial charge in [-0.2, -0.15) is 5.10 Å². The summed E-state index contributed by atoms with van der Waals surface area (Å²) in [6.45, 7) is 0.771. The van der Waals surface area contributed by atoms with Gasteiger partial charge in [-0.15, -0.1) is 0 Å². The number of aromatic nitrogens is 2.